The molecule has 6 nitrogen and oxygen atoms in total. The van der Waals surface area contributed by atoms with Gasteiger partial charge in [-0.2, -0.15) is 5.26 Å². The van der Waals surface area contributed by atoms with E-state index in [-0.39, 0.29) is 16.2 Å². The lowest BCUT2D eigenvalue weighted by atomic mass is 10.1. The highest BCUT2D eigenvalue weighted by molar-refractivity contribution is 6.33. The first-order valence-electron chi connectivity index (χ1n) is 9.43. The van der Waals surface area contributed by atoms with Crippen molar-refractivity contribution >= 4 is 35.2 Å². The fourth-order valence-electron chi connectivity index (χ4n) is 3.29. The molecule has 1 heterocycles. The number of halogens is 1. The maximum atomic E-state index is 12.6. The zero-order valence-electron chi connectivity index (χ0n) is 17.2. The van der Waals surface area contributed by atoms with E-state index >= 15 is 0 Å². The Balaban J connectivity index is 1.94. The molecule has 0 unspecified atom stereocenters. The molecule has 31 heavy (non-hydrogen) atoms. The van der Waals surface area contributed by atoms with Crippen molar-refractivity contribution < 1.29 is 14.7 Å². The van der Waals surface area contributed by atoms with Crippen LogP contribution in [0.25, 0.3) is 11.8 Å². The number of nitrogens with one attached hydrogen (secondary N) is 1. The van der Waals surface area contributed by atoms with Crippen LogP contribution < -0.4 is 5.32 Å². The van der Waals surface area contributed by atoms with Crippen molar-refractivity contribution in [1.29, 1.82) is 5.26 Å². The van der Waals surface area contributed by atoms with E-state index in [0.29, 0.717) is 16.9 Å². The number of aryl methyl sites for hydroxylation is 2. The van der Waals surface area contributed by atoms with Gasteiger partial charge in [-0.1, -0.05) is 29.3 Å². The van der Waals surface area contributed by atoms with Crippen LogP contribution in [-0.2, 0) is 4.79 Å². The predicted octanol–water partition coefficient (Wildman–Crippen LogP) is 5.30. The van der Waals surface area contributed by atoms with E-state index in [2.05, 4.69) is 5.32 Å². The molecule has 3 rings (SSSR count). The second-order valence-corrected chi connectivity index (χ2v) is 7.53. The van der Waals surface area contributed by atoms with Crippen molar-refractivity contribution in [2.24, 2.45) is 0 Å². The third kappa shape index (κ3) is 4.68. The summed E-state index contributed by atoms with van der Waals surface area (Å²) < 4.78 is 1.89. The van der Waals surface area contributed by atoms with Crippen LogP contribution in [0.5, 0.6) is 0 Å². The molecule has 0 radical (unpaired) electrons. The van der Waals surface area contributed by atoms with Gasteiger partial charge in [0.25, 0.3) is 5.91 Å². The highest BCUT2D eigenvalue weighted by Crippen LogP contribution is 2.26. The summed E-state index contributed by atoms with van der Waals surface area (Å²) >= 11 is 6.12. The summed E-state index contributed by atoms with van der Waals surface area (Å²) in [4.78, 5) is 23.8. The number of hydrogen-bond acceptors (Lipinski definition) is 3. The zero-order valence-corrected chi connectivity index (χ0v) is 18.0. The van der Waals surface area contributed by atoms with Gasteiger partial charge < -0.3 is 15.0 Å². The number of benzene rings is 2. The highest BCUT2D eigenvalue weighted by Gasteiger charge is 2.16. The number of anilines is 1. The lowest BCUT2D eigenvalue weighted by molar-refractivity contribution is -0.112. The molecule has 1 aromatic heterocycles. The standard InChI is InChI=1S/C24H20ClN3O3/c1-14-4-6-19(7-5-14)27-23(29)18(13-26)11-17-10-15(2)28(16(17)3)20-8-9-21(24(30)31)22(25)12-20/h4-12H,1-3H3,(H,27,29)(H,30,31)/b18-11-. The molecule has 0 bridgehead atoms. The molecule has 156 valence electrons. The van der Waals surface area contributed by atoms with E-state index in [4.69, 9.17) is 11.6 Å². The van der Waals surface area contributed by atoms with Gasteiger partial charge in [0.2, 0.25) is 0 Å². The average Bonchev–Trinajstić information content (AvgIpc) is 3.00. The lowest BCUT2D eigenvalue weighted by Crippen LogP contribution is -2.13. The summed E-state index contributed by atoms with van der Waals surface area (Å²) in [6.45, 7) is 5.68. The smallest absolute Gasteiger partial charge is 0.337 e. The molecule has 0 aliphatic carbocycles. The van der Waals surface area contributed by atoms with E-state index in [1.54, 1.807) is 24.3 Å². The second-order valence-electron chi connectivity index (χ2n) is 7.12. The Hall–Kier alpha value is -3.82. The van der Waals surface area contributed by atoms with Crippen LogP contribution in [0.2, 0.25) is 5.02 Å². The molecule has 0 saturated heterocycles. The fraction of sp³-hybridized carbons (Fsp3) is 0.125. The van der Waals surface area contributed by atoms with Crippen molar-refractivity contribution in [2.45, 2.75) is 20.8 Å². The molecule has 7 heteroatoms. The Morgan fingerprint density at radius 2 is 1.77 bits per heavy atom. The van der Waals surface area contributed by atoms with Crippen LogP contribution in [-0.4, -0.2) is 21.6 Å². The number of nitriles is 1. The summed E-state index contributed by atoms with van der Waals surface area (Å²) in [6.07, 6.45) is 1.54. The van der Waals surface area contributed by atoms with Gasteiger partial charge in [-0.15, -0.1) is 0 Å². The molecular weight excluding hydrogens is 414 g/mol. The normalized spacial score (nSPS) is 11.1. The third-order valence-electron chi connectivity index (χ3n) is 4.89. The molecular formula is C24H20ClN3O3. The quantitative estimate of drug-likeness (QED) is 0.421. The first kappa shape index (κ1) is 21.9. The summed E-state index contributed by atoms with van der Waals surface area (Å²) in [5.41, 5.74) is 4.69. The number of aromatic nitrogens is 1. The zero-order chi connectivity index (χ0) is 22.7. The summed E-state index contributed by atoms with van der Waals surface area (Å²) in [5.74, 6) is -1.59. The number of carbonyl (C=O) groups excluding carboxylic acids is 1. The van der Waals surface area contributed by atoms with Gasteiger partial charge in [-0.3, -0.25) is 4.79 Å². The number of aromatic carboxylic acids is 1. The highest BCUT2D eigenvalue weighted by atomic mass is 35.5. The Morgan fingerprint density at radius 3 is 2.35 bits per heavy atom. The molecule has 1 amide bonds. The van der Waals surface area contributed by atoms with Gasteiger partial charge in [0.15, 0.2) is 0 Å². The maximum absolute atomic E-state index is 12.6. The molecule has 2 N–H and O–H groups in total. The molecule has 2 aromatic carbocycles. The van der Waals surface area contributed by atoms with Gasteiger partial charge in [-0.25, -0.2) is 4.79 Å². The topological polar surface area (TPSA) is 95.1 Å². The summed E-state index contributed by atoms with van der Waals surface area (Å²) in [7, 11) is 0. The van der Waals surface area contributed by atoms with Crippen molar-refractivity contribution in [3.63, 3.8) is 0 Å². The Kier molecular flexibility index (Phi) is 6.28. The molecule has 0 saturated carbocycles. The van der Waals surface area contributed by atoms with E-state index in [1.165, 1.54) is 12.1 Å². The monoisotopic (exact) mass is 433 g/mol. The molecule has 0 atom stereocenters. The predicted molar refractivity (Wildman–Crippen MR) is 121 cm³/mol. The third-order valence-corrected chi connectivity index (χ3v) is 5.20. The fourth-order valence-corrected chi connectivity index (χ4v) is 3.54. The Bertz CT molecular complexity index is 1250. The van der Waals surface area contributed by atoms with Crippen LogP contribution in [0.3, 0.4) is 0 Å². The molecule has 0 aliphatic heterocycles. The first-order valence-corrected chi connectivity index (χ1v) is 9.81. The molecule has 0 fully saturated rings. The minimum atomic E-state index is -1.10. The minimum absolute atomic E-state index is 0.0209. The van der Waals surface area contributed by atoms with E-state index in [9.17, 15) is 20.0 Å². The van der Waals surface area contributed by atoms with Crippen LogP contribution >= 0.6 is 11.6 Å². The van der Waals surface area contributed by atoms with Crippen molar-refractivity contribution in [1.82, 2.24) is 4.57 Å². The number of nitrogens with zero attached hydrogens (tertiary/aromatic N) is 2. The van der Waals surface area contributed by atoms with Gasteiger partial charge in [0, 0.05) is 22.8 Å². The number of carboxylic acid groups (broad SMARTS) is 1. The number of hydrogen-bond donors (Lipinski definition) is 2. The average molecular weight is 434 g/mol. The van der Waals surface area contributed by atoms with Gasteiger partial charge in [0.05, 0.1) is 10.6 Å². The Morgan fingerprint density at radius 1 is 1.10 bits per heavy atom. The van der Waals surface area contributed by atoms with E-state index < -0.39 is 11.9 Å². The number of amides is 1. The number of carbonyl (C=O) groups is 2. The number of rotatable bonds is 5. The number of carboxylic acids is 1. The van der Waals surface area contributed by atoms with Crippen LogP contribution in [0, 0.1) is 32.1 Å². The van der Waals surface area contributed by atoms with Crippen LogP contribution in [0.4, 0.5) is 5.69 Å². The summed E-state index contributed by atoms with van der Waals surface area (Å²) in [6, 6.07) is 15.8. The Labute approximate surface area is 185 Å². The lowest BCUT2D eigenvalue weighted by Gasteiger charge is -2.11. The SMILES string of the molecule is Cc1ccc(NC(=O)/C(C#N)=C\c2cc(C)n(-c3ccc(C(=O)O)c(Cl)c3)c2C)cc1. The van der Waals surface area contributed by atoms with Crippen LogP contribution in [0.15, 0.2) is 54.1 Å². The van der Waals surface area contributed by atoms with Gasteiger partial charge in [-0.05, 0) is 68.8 Å². The van der Waals surface area contributed by atoms with Gasteiger partial charge >= 0.3 is 5.97 Å². The maximum Gasteiger partial charge on any atom is 0.337 e. The molecule has 0 aliphatic rings. The van der Waals surface area contributed by atoms with Gasteiger partial charge in [0.1, 0.15) is 11.6 Å². The second kappa shape index (κ2) is 8.90. The largest absolute Gasteiger partial charge is 0.478 e. The van der Waals surface area contributed by atoms with Crippen LogP contribution in [0.1, 0.15) is 32.9 Å². The van der Waals surface area contributed by atoms with Crippen molar-refractivity contribution in [2.75, 3.05) is 5.32 Å². The van der Waals surface area contributed by atoms with E-state index in [0.717, 1.165) is 17.0 Å². The molecule has 3 aromatic rings. The van der Waals surface area contributed by atoms with E-state index in [1.807, 2.05) is 49.6 Å². The first-order chi connectivity index (χ1) is 14.7. The molecule has 0 spiro atoms. The summed E-state index contributed by atoms with van der Waals surface area (Å²) in [5, 5.41) is 21.6. The van der Waals surface area contributed by atoms with Crippen molar-refractivity contribution in [3.8, 4) is 11.8 Å². The minimum Gasteiger partial charge on any atom is -0.478 e. The van der Waals surface area contributed by atoms with Crippen molar-refractivity contribution in [3.05, 3.63) is 87.2 Å².